The number of benzene rings is 3. The second-order valence-corrected chi connectivity index (χ2v) is 9.03. The highest BCUT2D eigenvalue weighted by Crippen LogP contribution is 2.42. The lowest BCUT2D eigenvalue weighted by Gasteiger charge is -2.15. The minimum Gasteiger partial charge on any atom is -0.493 e. The molecule has 3 heterocycles. The normalized spacial score (nSPS) is 18.0. The molecule has 2 aliphatic rings. The lowest BCUT2D eigenvalue weighted by Crippen LogP contribution is -2.11. The van der Waals surface area contributed by atoms with E-state index in [1.807, 2.05) is 43.3 Å². The van der Waals surface area contributed by atoms with Gasteiger partial charge in [-0.1, -0.05) is 25.1 Å². The summed E-state index contributed by atoms with van der Waals surface area (Å²) in [5.41, 5.74) is 3.78. The van der Waals surface area contributed by atoms with E-state index >= 15 is 0 Å². The molecule has 0 aliphatic carbocycles. The summed E-state index contributed by atoms with van der Waals surface area (Å²) >= 11 is 0. The first-order valence-electron chi connectivity index (χ1n) is 11.8. The summed E-state index contributed by atoms with van der Waals surface area (Å²) < 4.78 is 42.2. The van der Waals surface area contributed by atoms with Crippen LogP contribution < -0.4 is 14.8 Å². The number of nitrogens with zero attached hydrogens (tertiary/aromatic N) is 2. The molecule has 7 nitrogen and oxygen atoms in total. The maximum atomic E-state index is 14.5. The first-order chi connectivity index (χ1) is 17.4. The highest BCUT2D eigenvalue weighted by Gasteiger charge is 2.30. The van der Waals surface area contributed by atoms with Crippen LogP contribution in [0.1, 0.15) is 42.3 Å². The summed E-state index contributed by atoms with van der Waals surface area (Å²) in [4.78, 5) is 15.5. The number of nitrogens with one attached hydrogen (secondary N) is 1. The van der Waals surface area contributed by atoms with Gasteiger partial charge in [0.1, 0.15) is 35.3 Å². The average molecular weight is 491 g/mol. The van der Waals surface area contributed by atoms with E-state index in [2.05, 4.69) is 10.3 Å². The van der Waals surface area contributed by atoms with Crippen LogP contribution in [0.15, 0.2) is 48.5 Å². The Kier molecular flexibility index (Phi) is 5.28. The lowest BCUT2D eigenvalue weighted by atomic mass is 9.97. The molecular weight excluding hydrogens is 468 g/mol. The average Bonchev–Trinajstić information content (AvgIpc) is 3.54. The van der Waals surface area contributed by atoms with E-state index in [0.717, 1.165) is 22.9 Å². The van der Waals surface area contributed by atoms with E-state index in [-0.39, 0.29) is 23.9 Å². The van der Waals surface area contributed by atoms with Crippen LogP contribution in [-0.2, 0) is 11.2 Å². The van der Waals surface area contributed by atoms with Crippen molar-refractivity contribution in [3.8, 4) is 17.2 Å². The van der Waals surface area contributed by atoms with Gasteiger partial charge >= 0.3 is 5.97 Å². The van der Waals surface area contributed by atoms with Crippen LogP contribution in [0.25, 0.3) is 16.7 Å². The number of aryl methyl sites for hydroxylation is 1. The molecule has 2 aliphatic heterocycles. The van der Waals surface area contributed by atoms with Crippen LogP contribution in [0.5, 0.6) is 11.5 Å². The monoisotopic (exact) mass is 491 g/mol. The second kappa shape index (κ2) is 8.51. The van der Waals surface area contributed by atoms with Crippen LogP contribution in [0.3, 0.4) is 0 Å². The fourth-order valence-electron chi connectivity index (χ4n) is 5.13. The molecule has 0 saturated carbocycles. The fraction of sp³-hybridized carbons (Fsp3) is 0.259. The Bertz CT molecular complexity index is 1520. The molecular formula is C27H23F2N3O4. The third-order valence-electron chi connectivity index (χ3n) is 6.75. The number of imidazole rings is 1. The minimum absolute atomic E-state index is 0.0306. The standard InChI is InChI=1S/C27H23F2N3O4/c1-2-24-31-26-19(29)9-15(28)10-22(26)32(24)21-5-3-4-18-20(13-36-27(18)21)30-16-6-7-17-14(8-25(33)34)12-35-23(17)11-16/h3-7,9-11,14,20,30H,2,8,12-13H2,1H3,(H,33,34). The Morgan fingerprint density at radius 3 is 2.81 bits per heavy atom. The summed E-state index contributed by atoms with van der Waals surface area (Å²) in [6.45, 7) is 2.63. The van der Waals surface area contributed by atoms with E-state index in [1.165, 1.54) is 6.07 Å². The third kappa shape index (κ3) is 3.62. The quantitative estimate of drug-likeness (QED) is 0.378. The number of carboxylic acid groups (broad SMARTS) is 1. The van der Waals surface area contributed by atoms with Crippen LogP contribution in [-0.4, -0.2) is 33.8 Å². The van der Waals surface area contributed by atoms with Gasteiger partial charge in [-0.2, -0.15) is 0 Å². The van der Waals surface area contributed by atoms with E-state index in [0.29, 0.717) is 48.2 Å². The van der Waals surface area contributed by atoms with E-state index < -0.39 is 17.6 Å². The molecule has 184 valence electrons. The number of carboxylic acids is 1. The zero-order chi connectivity index (χ0) is 25.0. The molecule has 0 radical (unpaired) electrons. The molecule has 2 unspecified atom stereocenters. The number of fused-ring (bicyclic) bond motifs is 3. The van der Waals surface area contributed by atoms with Crippen molar-refractivity contribution in [3.63, 3.8) is 0 Å². The number of anilines is 1. The van der Waals surface area contributed by atoms with Crippen LogP contribution in [0.4, 0.5) is 14.5 Å². The predicted octanol–water partition coefficient (Wildman–Crippen LogP) is 5.36. The van der Waals surface area contributed by atoms with Crippen molar-refractivity contribution in [1.82, 2.24) is 9.55 Å². The molecule has 6 rings (SSSR count). The third-order valence-corrected chi connectivity index (χ3v) is 6.75. The summed E-state index contributed by atoms with van der Waals surface area (Å²) in [6.07, 6.45) is 0.557. The topological polar surface area (TPSA) is 85.6 Å². The summed E-state index contributed by atoms with van der Waals surface area (Å²) in [5, 5.41) is 12.6. The zero-order valence-electron chi connectivity index (χ0n) is 19.4. The molecule has 4 aromatic rings. The molecule has 0 bridgehead atoms. The lowest BCUT2D eigenvalue weighted by molar-refractivity contribution is -0.137. The summed E-state index contributed by atoms with van der Waals surface area (Å²) in [7, 11) is 0. The number of rotatable bonds is 6. The number of hydrogen-bond donors (Lipinski definition) is 2. The van der Waals surface area contributed by atoms with Crippen molar-refractivity contribution in [2.45, 2.75) is 31.7 Å². The number of carbonyl (C=O) groups is 1. The van der Waals surface area contributed by atoms with Crippen molar-refractivity contribution in [2.75, 3.05) is 18.5 Å². The van der Waals surface area contributed by atoms with Gasteiger partial charge in [-0.15, -0.1) is 0 Å². The molecule has 2 atom stereocenters. The highest BCUT2D eigenvalue weighted by atomic mass is 19.1. The largest absolute Gasteiger partial charge is 0.493 e. The highest BCUT2D eigenvalue weighted by molar-refractivity contribution is 5.80. The molecule has 9 heteroatoms. The molecule has 2 N–H and O–H groups in total. The first-order valence-corrected chi connectivity index (χ1v) is 11.8. The number of halogens is 2. The van der Waals surface area contributed by atoms with Crippen molar-refractivity contribution >= 4 is 22.7 Å². The van der Waals surface area contributed by atoms with E-state index in [1.54, 1.807) is 4.57 Å². The molecule has 0 amide bonds. The Hall–Kier alpha value is -4.14. The Labute approximate surface area is 205 Å². The van der Waals surface area contributed by atoms with Crippen molar-refractivity contribution < 1.29 is 28.2 Å². The summed E-state index contributed by atoms with van der Waals surface area (Å²) in [5.74, 6) is -0.450. The Morgan fingerprint density at radius 2 is 2.00 bits per heavy atom. The second-order valence-electron chi connectivity index (χ2n) is 9.03. The van der Waals surface area contributed by atoms with Crippen LogP contribution in [0.2, 0.25) is 0 Å². The number of para-hydroxylation sites is 1. The SMILES string of the molecule is CCc1nc2c(F)cc(F)cc2n1-c1cccc2c1OCC2Nc1ccc2c(c1)OCC2CC(=O)O. The number of ether oxygens (including phenoxy) is 2. The first kappa shape index (κ1) is 22.3. The van der Waals surface area contributed by atoms with Crippen molar-refractivity contribution in [2.24, 2.45) is 0 Å². The van der Waals surface area contributed by atoms with E-state index in [9.17, 15) is 13.6 Å². The maximum absolute atomic E-state index is 14.5. The van der Waals surface area contributed by atoms with E-state index in [4.69, 9.17) is 14.6 Å². The van der Waals surface area contributed by atoms with Gasteiger partial charge in [0.2, 0.25) is 0 Å². The van der Waals surface area contributed by atoms with Gasteiger partial charge in [0, 0.05) is 47.4 Å². The maximum Gasteiger partial charge on any atom is 0.304 e. The molecule has 1 aromatic heterocycles. The molecule has 0 fully saturated rings. The van der Waals surface area contributed by atoms with Gasteiger partial charge in [0.15, 0.2) is 5.82 Å². The van der Waals surface area contributed by atoms with Crippen LogP contribution >= 0.6 is 0 Å². The minimum atomic E-state index is -0.850. The van der Waals surface area contributed by atoms with Gasteiger partial charge in [-0.3, -0.25) is 9.36 Å². The van der Waals surface area contributed by atoms with Crippen LogP contribution in [0, 0.1) is 11.6 Å². The Morgan fingerprint density at radius 1 is 1.14 bits per heavy atom. The van der Waals surface area contributed by atoms with Gasteiger partial charge in [-0.05, 0) is 12.1 Å². The van der Waals surface area contributed by atoms with Crippen molar-refractivity contribution in [1.29, 1.82) is 0 Å². The summed E-state index contributed by atoms with van der Waals surface area (Å²) in [6, 6.07) is 13.4. The zero-order valence-corrected chi connectivity index (χ0v) is 19.4. The number of aliphatic carboxylic acids is 1. The number of aromatic nitrogens is 2. The van der Waals surface area contributed by atoms with Gasteiger partial charge in [-0.25, -0.2) is 13.8 Å². The molecule has 36 heavy (non-hydrogen) atoms. The molecule has 0 spiro atoms. The van der Waals surface area contributed by atoms with Gasteiger partial charge in [0.05, 0.1) is 30.3 Å². The molecule has 0 saturated heterocycles. The Balaban J connectivity index is 1.34. The predicted molar refractivity (Wildman–Crippen MR) is 129 cm³/mol. The molecule has 3 aromatic carbocycles. The smallest absolute Gasteiger partial charge is 0.304 e. The van der Waals surface area contributed by atoms with Gasteiger partial charge in [0.25, 0.3) is 0 Å². The number of hydrogen-bond acceptors (Lipinski definition) is 5. The van der Waals surface area contributed by atoms with Gasteiger partial charge < -0.3 is 19.9 Å². The van der Waals surface area contributed by atoms with Crippen molar-refractivity contribution in [3.05, 3.63) is 77.1 Å². The fourth-order valence-corrected chi connectivity index (χ4v) is 5.13.